The van der Waals surface area contributed by atoms with E-state index >= 15 is 0 Å². The molecule has 1 aromatic carbocycles. The number of benzene rings is 1. The van der Waals surface area contributed by atoms with Gasteiger partial charge in [0.25, 0.3) is 0 Å². The molecule has 96 valence electrons. The van der Waals surface area contributed by atoms with Crippen LogP contribution in [0.1, 0.15) is 56.3 Å². The van der Waals surface area contributed by atoms with E-state index in [0.29, 0.717) is 24.9 Å². The fraction of sp³-hybridized carbons (Fsp3) is 0.600. The summed E-state index contributed by atoms with van der Waals surface area (Å²) >= 11 is 0. The van der Waals surface area contributed by atoms with Gasteiger partial charge in [-0.3, -0.25) is 4.90 Å². The van der Waals surface area contributed by atoms with E-state index in [-0.39, 0.29) is 0 Å². The third-order valence-corrected chi connectivity index (χ3v) is 4.57. The van der Waals surface area contributed by atoms with Gasteiger partial charge in [0.15, 0.2) is 11.5 Å². The van der Waals surface area contributed by atoms with Gasteiger partial charge in [-0.1, -0.05) is 0 Å². The molecule has 0 aliphatic carbocycles. The maximum Gasteiger partial charge on any atom is 0.231 e. The van der Waals surface area contributed by atoms with Crippen LogP contribution in [-0.2, 0) is 0 Å². The minimum Gasteiger partial charge on any atom is -0.454 e. The second-order valence-corrected chi connectivity index (χ2v) is 5.84. The fourth-order valence-corrected chi connectivity index (χ4v) is 3.92. The molecule has 1 saturated heterocycles. The van der Waals surface area contributed by atoms with Crippen LogP contribution in [0.25, 0.3) is 0 Å². The predicted molar refractivity (Wildman–Crippen MR) is 68.9 cm³/mol. The van der Waals surface area contributed by atoms with Crippen molar-refractivity contribution >= 4 is 0 Å². The zero-order valence-electron chi connectivity index (χ0n) is 11.0. The summed E-state index contributed by atoms with van der Waals surface area (Å²) in [7, 11) is 0. The highest BCUT2D eigenvalue weighted by molar-refractivity contribution is 5.53. The fourth-order valence-electron chi connectivity index (χ4n) is 3.92. The van der Waals surface area contributed by atoms with Crippen LogP contribution in [0, 0.1) is 0 Å². The first-order chi connectivity index (χ1) is 8.75. The van der Waals surface area contributed by atoms with Crippen molar-refractivity contribution in [2.24, 2.45) is 0 Å². The minimum absolute atomic E-state index is 0.376. The third-order valence-electron chi connectivity index (χ3n) is 4.57. The van der Waals surface area contributed by atoms with Crippen LogP contribution >= 0.6 is 0 Å². The Morgan fingerprint density at radius 3 is 2.11 bits per heavy atom. The number of ether oxygens (including phenoxy) is 2. The molecule has 0 saturated carbocycles. The monoisotopic (exact) mass is 245 g/mol. The zero-order valence-corrected chi connectivity index (χ0v) is 11.0. The Balaban J connectivity index is 1.85. The van der Waals surface area contributed by atoms with E-state index in [1.807, 2.05) is 0 Å². The lowest BCUT2D eigenvalue weighted by Gasteiger charge is -2.38. The molecule has 2 bridgehead atoms. The molecule has 2 atom stereocenters. The quantitative estimate of drug-likeness (QED) is 0.757. The topological polar surface area (TPSA) is 21.7 Å². The summed E-state index contributed by atoms with van der Waals surface area (Å²) < 4.78 is 11.1. The van der Waals surface area contributed by atoms with Crippen LogP contribution in [0.15, 0.2) is 12.1 Å². The van der Waals surface area contributed by atoms with E-state index in [2.05, 4.69) is 30.9 Å². The molecule has 0 aromatic heterocycles. The molecule has 0 spiro atoms. The Morgan fingerprint density at radius 1 is 1.06 bits per heavy atom. The highest BCUT2D eigenvalue weighted by atomic mass is 16.7. The van der Waals surface area contributed by atoms with Gasteiger partial charge < -0.3 is 9.47 Å². The molecular weight excluding hydrogens is 226 g/mol. The van der Waals surface area contributed by atoms with E-state index in [0.717, 1.165) is 11.5 Å². The molecule has 3 nitrogen and oxygen atoms in total. The average molecular weight is 245 g/mol. The smallest absolute Gasteiger partial charge is 0.231 e. The summed E-state index contributed by atoms with van der Waals surface area (Å²) in [4.78, 5) is 2.67. The predicted octanol–water partition coefficient (Wildman–Crippen LogP) is 3.41. The van der Waals surface area contributed by atoms with E-state index < -0.39 is 0 Å². The third kappa shape index (κ3) is 1.28. The summed E-state index contributed by atoms with van der Waals surface area (Å²) in [6.07, 6.45) is 3.89. The van der Waals surface area contributed by atoms with Gasteiger partial charge in [-0.25, -0.2) is 0 Å². The van der Waals surface area contributed by atoms with Crippen LogP contribution in [-0.4, -0.2) is 17.7 Å². The molecule has 3 aliphatic heterocycles. The van der Waals surface area contributed by atoms with Crippen molar-refractivity contribution < 1.29 is 9.47 Å². The number of hydrogen-bond acceptors (Lipinski definition) is 3. The van der Waals surface area contributed by atoms with Gasteiger partial charge in [-0.15, -0.1) is 0 Å². The van der Waals surface area contributed by atoms with Crippen molar-refractivity contribution in [3.63, 3.8) is 0 Å². The van der Waals surface area contributed by atoms with Crippen LogP contribution in [0.4, 0.5) is 0 Å². The van der Waals surface area contributed by atoms with Gasteiger partial charge in [-0.05, 0) is 56.4 Å². The van der Waals surface area contributed by atoms with Crippen LogP contribution in [0.3, 0.4) is 0 Å². The number of fused-ring (bicyclic) bond motifs is 6. The van der Waals surface area contributed by atoms with Gasteiger partial charge in [0.2, 0.25) is 6.79 Å². The Kier molecular flexibility index (Phi) is 2.16. The van der Waals surface area contributed by atoms with E-state index in [4.69, 9.17) is 9.47 Å². The van der Waals surface area contributed by atoms with Crippen molar-refractivity contribution in [2.75, 3.05) is 6.79 Å². The van der Waals surface area contributed by atoms with Crippen LogP contribution in [0.2, 0.25) is 0 Å². The molecule has 0 radical (unpaired) electrons. The maximum atomic E-state index is 5.53. The molecule has 0 amide bonds. The number of nitrogens with zero attached hydrogens (tertiary/aromatic N) is 1. The van der Waals surface area contributed by atoms with E-state index in [1.54, 1.807) is 0 Å². The summed E-state index contributed by atoms with van der Waals surface area (Å²) in [5, 5.41) is 0. The first-order valence-electron chi connectivity index (χ1n) is 6.96. The second-order valence-electron chi connectivity index (χ2n) is 5.84. The highest BCUT2D eigenvalue weighted by Crippen LogP contribution is 2.54. The number of piperidine rings is 1. The Hall–Kier alpha value is -1.22. The molecule has 1 fully saturated rings. The van der Waals surface area contributed by atoms with Crippen LogP contribution < -0.4 is 9.47 Å². The van der Waals surface area contributed by atoms with Crippen molar-refractivity contribution in [1.29, 1.82) is 0 Å². The van der Waals surface area contributed by atoms with Gasteiger partial charge in [0, 0.05) is 18.1 Å². The summed E-state index contributed by atoms with van der Waals surface area (Å²) in [6, 6.07) is 6.23. The van der Waals surface area contributed by atoms with Gasteiger partial charge in [0.1, 0.15) is 0 Å². The molecule has 18 heavy (non-hydrogen) atoms. The lowest BCUT2D eigenvalue weighted by atomic mass is 9.99. The first-order valence-corrected chi connectivity index (χ1v) is 6.96. The van der Waals surface area contributed by atoms with E-state index in [9.17, 15) is 0 Å². The molecular formula is C15H19NO2. The SMILES string of the molecule is CC(C)N1C2CCCC1c1cc3c(cc12)OCO3. The summed E-state index contributed by atoms with van der Waals surface area (Å²) in [5.74, 6) is 1.87. The Morgan fingerprint density at radius 2 is 1.61 bits per heavy atom. The summed E-state index contributed by atoms with van der Waals surface area (Å²) in [5.41, 5.74) is 2.96. The summed E-state index contributed by atoms with van der Waals surface area (Å²) in [6.45, 7) is 4.98. The van der Waals surface area contributed by atoms with Gasteiger partial charge in [0.05, 0.1) is 0 Å². The number of rotatable bonds is 1. The van der Waals surface area contributed by atoms with Gasteiger partial charge in [-0.2, -0.15) is 0 Å². The minimum atomic E-state index is 0.376. The number of hydrogen-bond donors (Lipinski definition) is 0. The lowest BCUT2D eigenvalue weighted by Crippen LogP contribution is -2.35. The zero-order chi connectivity index (χ0) is 12.3. The van der Waals surface area contributed by atoms with E-state index in [1.165, 1.54) is 30.4 Å². The van der Waals surface area contributed by atoms with Crippen molar-refractivity contribution in [3.05, 3.63) is 23.3 Å². The molecule has 4 rings (SSSR count). The lowest BCUT2D eigenvalue weighted by molar-refractivity contribution is 0.0743. The average Bonchev–Trinajstić information content (AvgIpc) is 2.89. The highest BCUT2D eigenvalue weighted by Gasteiger charge is 2.43. The molecule has 3 heterocycles. The molecule has 3 heteroatoms. The molecule has 3 aliphatic rings. The van der Waals surface area contributed by atoms with Crippen molar-refractivity contribution in [3.8, 4) is 11.5 Å². The Bertz CT molecular complexity index is 459. The van der Waals surface area contributed by atoms with Crippen molar-refractivity contribution in [2.45, 2.75) is 51.2 Å². The molecule has 0 N–H and O–H groups in total. The molecule has 2 unspecified atom stereocenters. The normalized spacial score (nSPS) is 28.8. The maximum absolute atomic E-state index is 5.53. The van der Waals surface area contributed by atoms with Crippen LogP contribution in [0.5, 0.6) is 11.5 Å². The second kappa shape index (κ2) is 3.64. The first kappa shape index (κ1) is 10.7. The Labute approximate surface area is 108 Å². The standard InChI is InChI=1S/C15H19NO2/c1-9(2)16-12-4-3-5-13(16)11-7-15-14(6-10(11)12)17-8-18-15/h6-7,9,12-13H,3-5,8H2,1-2H3. The van der Waals surface area contributed by atoms with Gasteiger partial charge >= 0.3 is 0 Å². The molecule has 1 aromatic rings. The van der Waals surface area contributed by atoms with Crippen molar-refractivity contribution in [1.82, 2.24) is 4.90 Å². The largest absolute Gasteiger partial charge is 0.454 e.